The van der Waals surface area contributed by atoms with Gasteiger partial charge >= 0.3 is 0 Å². The molecule has 1 amide bonds. The first-order valence-electron chi connectivity index (χ1n) is 8.15. The van der Waals surface area contributed by atoms with Gasteiger partial charge in [-0.3, -0.25) is 9.78 Å². The van der Waals surface area contributed by atoms with Gasteiger partial charge in [0, 0.05) is 19.9 Å². The van der Waals surface area contributed by atoms with Crippen LogP contribution < -0.4 is 0 Å². The van der Waals surface area contributed by atoms with Gasteiger partial charge in [-0.15, -0.1) is 0 Å². The van der Waals surface area contributed by atoms with Crippen LogP contribution in [0.3, 0.4) is 0 Å². The van der Waals surface area contributed by atoms with E-state index in [9.17, 15) is 4.79 Å². The number of carbonyl (C=O) groups excluding carboxylic acids is 1. The Morgan fingerprint density at radius 2 is 2.18 bits per heavy atom. The topological polar surface area (TPSA) is 42.4 Å². The number of nitrogens with zero attached hydrogens (tertiary/aromatic N) is 2. The summed E-state index contributed by atoms with van der Waals surface area (Å²) in [5.41, 5.74) is 0.901. The molecule has 0 atom stereocenters. The zero-order valence-electron chi connectivity index (χ0n) is 13.4. The van der Waals surface area contributed by atoms with E-state index in [1.54, 1.807) is 24.3 Å². The second kappa shape index (κ2) is 9.36. The van der Waals surface area contributed by atoms with Crippen LogP contribution in [0.5, 0.6) is 0 Å². The van der Waals surface area contributed by atoms with Crippen molar-refractivity contribution in [2.24, 2.45) is 5.92 Å². The molecule has 1 aliphatic rings. The quantitative estimate of drug-likeness (QED) is 0.726. The van der Waals surface area contributed by atoms with Crippen molar-refractivity contribution in [3.05, 3.63) is 42.2 Å². The van der Waals surface area contributed by atoms with Crippen LogP contribution in [0.4, 0.5) is 0 Å². The zero-order valence-corrected chi connectivity index (χ0v) is 13.4. The number of hydrogen-bond donors (Lipinski definition) is 0. The highest BCUT2D eigenvalue weighted by molar-refractivity contribution is 5.87. The van der Waals surface area contributed by atoms with Gasteiger partial charge in [-0.25, -0.2) is 0 Å². The molecule has 1 fully saturated rings. The van der Waals surface area contributed by atoms with Crippen LogP contribution in [0, 0.1) is 5.92 Å². The summed E-state index contributed by atoms with van der Waals surface area (Å²) >= 11 is 0. The number of carbonyl (C=O) groups is 1. The first-order valence-corrected chi connectivity index (χ1v) is 8.15. The van der Waals surface area contributed by atoms with Crippen LogP contribution in [0.2, 0.25) is 0 Å². The van der Waals surface area contributed by atoms with Crippen LogP contribution in [-0.2, 0) is 16.1 Å². The minimum absolute atomic E-state index is 0.0493. The lowest BCUT2D eigenvalue weighted by molar-refractivity contribution is -0.127. The van der Waals surface area contributed by atoms with E-state index >= 15 is 0 Å². The van der Waals surface area contributed by atoms with E-state index in [2.05, 4.69) is 11.1 Å². The summed E-state index contributed by atoms with van der Waals surface area (Å²) in [6.45, 7) is 1.65. The number of methoxy groups -OCH3 is 1. The molecular formula is C18H26N2O2. The van der Waals surface area contributed by atoms with Gasteiger partial charge in [0.15, 0.2) is 0 Å². The molecule has 22 heavy (non-hydrogen) atoms. The predicted octanol–water partition coefficient (Wildman–Crippen LogP) is 3.19. The molecule has 1 aromatic rings. The molecule has 4 heteroatoms. The molecular weight excluding hydrogens is 276 g/mol. The minimum atomic E-state index is 0.0493. The van der Waals surface area contributed by atoms with Crippen molar-refractivity contribution < 1.29 is 9.53 Å². The van der Waals surface area contributed by atoms with Crippen molar-refractivity contribution in [1.82, 2.24) is 9.88 Å². The van der Waals surface area contributed by atoms with E-state index in [-0.39, 0.29) is 5.91 Å². The normalized spacial score (nSPS) is 16.0. The Morgan fingerprint density at radius 1 is 1.36 bits per heavy atom. The monoisotopic (exact) mass is 302 g/mol. The maximum absolute atomic E-state index is 12.5. The Morgan fingerprint density at radius 3 is 2.86 bits per heavy atom. The SMILES string of the molecule is COCCN(Cc1ccccn1)C(=O)C=CC1CCCCC1. The van der Waals surface area contributed by atoms with E-state index in [1.807, 2.05) is 18.2 Å². The standard InChI is InChI=1S/C18H26N2O2/c1-22-14-13-20(15-17-9-5-6-12-19-17)18(21)11-10-16-7-3-2-4-8-16/h5-6,9-12,16H,2-4,7-8,13-15H2,1H3. The Hall–Kier alpha value is -1.68. The van der Waals surface area contributed by atoms with Gasteiger partial charge in [0.25, 0.3) is 0 Å². The van der Waals surface area contributed by atoms with Crippen molar-refractivity contribution in [2.45, 2.75) is 38.6 Å². The molecule has 0 spiro atoms. The molecule has 0 saturated heterocycles. The van der Waals surface area contributed by atoms with Crippen molar-refractivity contribution in [3.8, 4) is 0 Å². The second-order valence-corrected chi connectivity index (χ2v) is 5.83. The summed E-state index contributed by atoms with van der Waals surface area (Å²) in [4.78, 5) is 18.5. The first-order chi connectivity index (χ1) is 10.8. The third-order valence-electron chi connectivity index (χ3n) is 4.12. The summed E-state index contributed by atoms with van der Waals surface area (Å²) in [5, 5.41) is 0. The highest BCUT2D eigenvalue weighted by atomic mass is 16.5. The molecule has 4 nitrogen and oxygen atoms in total. The maximum Gasteiger partial charge on any atom is 0.246 e. The molecule has 0 bridgehead atoms. The average Bonchev–Trinajstić information content (AvgIpc) is 2.58. The summed E-state index contributed by atoms with van der Waals surface area (Å²) in [5.74, 6) is 0.616. The van der Waals surface area contributed by atoms with Gasteiger partial charge in [-0.2, -0.15) is 0 Å². The van der Waals surface area contributed by atoms with Crippen molar-refractivity contribution >= 4 is 5.91 Å². The number of allylic oxidation sites excluding steroid dienone is 1. The van der Waals surface area contributed by atoms with Crippen molar-refractivity contribution in [1.29, 1.82) is 0 Å². The smallest absolute Gasteiger partial charge is 0.246 e. The number of aromatic nitrogens is 1. The molecule has 0 aliphatic heterocycles. The maximum atomic E-state index is 12.5. The molecule has 0 aromatic carbocycles. The van der Waals surface area contributed by atoms with E-state index in [0.29, 0.717) is 25.6 Å². The summed E-state index contributed by atoms with van der Waals surface area (Å²) in [6, 6.07) is 5.77. The Labute approximate surface area is 133 Å². The van der Waals surface area contributed by atoms with Crippen molar-refractivity contribution in [2.75, 3.05) is 20.3 Å². The predicted molar refractivity (Wildman–Crippen MR) is 87.2 cm³/mol. The van der Waals surface area contributed by atoms with Crippen molar-refractivity contribution in [3.63, 3.8) is 0 Å². The molecule has 1 aliphatic carbocycles. The molecule has 120 valence electrons. The molecule has 0 radical (unpaired) electrons. The molecule has 2 rings (SSSR count). The zero-order chi connectivity index (χ0) is 15.6. The third kappa shape index (κ3) is 5.60. The Kier molecular flexibility index (Phi) is 7.10. The third-order valence-corrected chi connectivity index (χ3v) is 4.12. The molecule has 1 saturated carbocycles. The largest absolute Gasteiger partial charge is 0.383 e. The van der Waals surface area contributed by atoms with E-state index in [4.69, 9.17) is 4.74 Å². The fourth-order valence-corrected chi connectivity index (χ4v) is 2.81. The molecule has 1 heterocycles. The lowest BCUT2D eigenvalue weighted by atomic mass is 9.89. The average molecular weight is 302 g/mol. The van der Waals surface area contributed by atoms with E-state index in [0.717, 1.165) is 5.69 Å². The highest BCUT2D eigenvalue weighted by Crippen LogP contribution is 2.24. The Bertz CT molecular complexity index is 467. The van der Waals surface area contributed by atoms with Gasteiger partial charge in [-0.1, -0.05) is 31.4 Å². The van der Waals surface area contributed by atoms with Gasteiger partial charge in [0.2, 0.25) is 5.91 Å². The summed E-state index contributed by atoms with van der Waals surface area (Å²) < 4.78 is 5.12. The molecule has 0 unspecified atom stereocenters. The van der Waals surface area contributed by atoms with Gasteiger partial charge < -0.3 is 9.64 Å². The van der Waals surface area contributed by atoms with Gasteiger partial charge in [0.05, 0.1) is 18.8 Å². The lowest BCUT2D eigenvalue weighted by Gasteiger charge is -2.21. The minimum Gasteiger partial charge on any atom is -0.383 e. The number of pyridine rings is 1. The molecule has 1 aromatic heterocycles. The number of ether oxygens (including phenoxy) is 1. The number of rotatable bonds is 7. The second-order valence-electron chi connectivity index (χ2n) is 5.83. The van der Waals surface area contributed by atoms with Crippen LogP contribution in [0.25, 0.3) is 0 Å². The van der Waals surface area contributed by atoms with Gasteiger partial charge in [-0.05, 0) is 37.0 Å². The van der Waals surface area contributed by atoms with Gasteiger partial charge in [0.1, 0.15) is 0 Å². The van der Waals surface area contributed by atoms with E-state index < -0.39 is 0 Å². The molecule has 0 N–H and O–H groups in total. The van der Waals surface area contributed by atoms with Crippen LogP contribution in [-0.4, -0.2) is 36.1 Å². The summed E-state index contributed by atoms with van der Waals surface area (Å²) in [6.07, 6.45) is 11.9. The number of amides is 1. The lowest BCUT2D eigenvalue weighted by Crippen LogP contribution is -2.32. The van der Waals surface area contributed by atoms with Crippen LogP contribution >= 0.6 is 0 Å². The Balaban J connectivity index is 1.94. The van der Waals surface area contributed by atoms with E-state index in [1.165, 1.54) is 32.1 Å². The van der Waals surface area contributed by atoms with Crippen LogP contribution in [0.15, 0.2) is 36.5 Å². The highest BCUT2D eigenvalue weighted by Gasteiger charge is 2.14. The fourth-order valence-electron chi connectivity index (χ4n) is 2.81. The van der Waals surface area contributed by atoms with Crippen LogP contribution in [0.1, 0.15) is 37.8 Å². The fraction of sp³-hybridized carbons (Fsp3) is 0.556. The number of hydrogen-bond acceptors (Lipinski definition) is 3. The summed E-state index contributed by atoms with van der Waals surface area (Å²) in [7, 11) is 1.65. The first kappa shape index (κ1) is 16.7.